The van der Waals surface area contributed by atoms with Crippen molar-refractivity contribution in [3.8, 4) is 0 Å². The summed E-state index contributed by atoms with van der Waals surface area (Å²) in [6.45, 7) is 4.14. The third kappa shape index (κ3) is 4.60. The van der Waals surface area contributed by atoms with Crippen LogP contribution in [0.4, 0.5) is 0 Å². The molecule has 1 unspecified atom stereocenters. The van der Waals surface area contributed by atoms with Crippen LogP contribution in [-0.4, -0.2) is 51.4 Å². The lowest BCUT2D eigenvalue weighted by Gasteiger charge is -2.25. The number of rotatable bonds is 5. The van der Waals surface area contributed by atoms with Gasteiger partial charge in [-0.25, -0.2) is 13.9 Å². The molecule has 2 aromatic rings. The quantitative estimate of drug-likeness (QED) is 0.638. The normalized spacial score (nSPS) is 16.9. The van der Waals surface area contributed by atoms with Gasteiger partial charge in [-0.3, -0.25) is 9.78 Å². The predicted octanol–water partition coefficient (Wildman–Crippen LogP) is 1.59. The lowest BCUT2D eigenvalue weighted by Crippen LogP contribution is -2.37. The van der Waals surface area contributed by atoms with Crippen LogP contribution in [0.25, 0.3) is 0 Å². The van der Waals surface area contributed by atoms with E-state index in [4.69, 9.17) is 4.74 Å². The first-order valence-corrected chi connectivity index (χ1v) is 9.35. The Balaban J connectivity index is 1.69. The van der Waals surface area contributed by atoms with Gasteiger partial charge in [-0.05, 0) is 31.2 Å². The fraction of sp³-hybridized carbons (Fsp3) is 0.278. The maximum absolute atomic E-state index is 12.6. The first-order chi connectivity index (χ1) is 12.6. The average Bonchev–Trinajstić information content (AvgIpc) is 2.72. The molecule has 2 heterocycles. The Hall–Kier alpha value is -2.42. The molecule has 1 fully saturated rings. The number of ether oxygens (including phenoxy) is 1. The highest BCUT2D eigenvalue weighted by molar-refractivity contribution is 7.82. The van der Waals surface area contributed by atoms with E-state index in [9.17, 15) is 9.00 Å². The summed E-state index contributed by atoms with van der Waals surface area (Å²) in [7, 11) is -1.31. The summed E-state index contributed by atoms with van der Waals surface area (Å²) in [4.78, 5) is 17.0. The highest BCUT2D eigenvalue weighted by Crippen LogP contribution is 2.14. The number of amides is 1. The Morgan fingerprint density at radius 1 is 1.23 bits per heavy atom. The van der Waals surface area contributed by atoms with Crippen LogP contribution in [0.3, 0.4) is 0 Å². The first-order valence-electron chi connectivity index (χ1n) is 8.25. The summed E-state index contributed by atoms with van der Waals surface area (Å²) in [5.41, 5.74) is 4.42. The van der Waals surface area contributed by atoms with Crippen molar-refractivity contribution in [2.45, 2.75) is 11.8 Å². The molecule has 0 spiro atoms. The van der Waals surface area contributed by atoms with Crippen LogP contribution in [0.5, 0.6) is 0 Å². The van der Waals surface area contributed by atoms with Gasteiger partial charge in [0.05, 0.1) is 23.8 Å². The summed E-state index contributed by atoms with van der Waals surface area (Å²) >= 11 is 0. The van der Waals surface area contributed by atoms with Crippen LogP contribution in [0.2, 0.25) is 0 Å². The molecule has 136 valence electrons. The minimum Gasteiger partial charge on any atom is -0.379 e. The van der Waals surface area contributed by atoms with Gasteiger partial charge in [0.1, 0.15) is 11.0 Å². The van der Waals surface area contributed by atoms with E-state index in [1.54, 1.807) is 49.6 Å². The molecule has 1 amide bonds. The molecule has 1 aromatic carbocycles. The van der Waals surface area contributed by atoms with E-state index >= 15 is 0 Å². The van der Waals surface area contributed by atoms with Crippen LogP contribution in [0.1, 0.15) is 22.8 Å². The van der Waals surface area contributed by atoms with Gasteiger partial charge in [0.15, 0.2) is 0 Å². The molecule has 0 radical (unpaired) electrons. The average molecular weight is 372 g/mol. The Morgan fingerprint density at radius 3 is 2.73 bits per heavy atom. The second-order valence-electron chi connectivity index (χ2n) is 5.70. The molecular formula is C18H20N4O3S. The lowest BCUT2D eigenvalue weighted by atomic mass is 10.2. The molecule has 26 heavy (non-hydrogen) atoms. The van der Waals surface area contributed by atoms with Gasteiger partial charge in [0.25, 0.3) is 5.91 Å². The van der Waals surface area contributed by atoms with Crippen LogP contribution >= 0.6 is 0 Å². The smallest absolute Gasteiger partial charge is 0.271 e. The number of hydrogen-bond acceptors (Lipinski definition) is 5. The Bertz CT molecular complexity index is 820. The van der Waals surface area contributed by atoms with Gasteiger partial charge in [0.2, 0.25) is 0 Å². The van der Waals surface area contributed by atoms with Crippen molar-refractivity contribution in [2.24, 2.45) is 5.10 Å². The van der Waals surface area contributed by atoms with E-state index in [1.807, 2.05) is 10.4 Å². The number of aromatic nitrogens is 1. The lowest BCUT2D eigenvalue weighted by molar-refractivity contribution is 0.0752. The third-order valence-electron chi connectivity index (χ3n) is 3.91. The van der Waals surface area contributed by atoms with Crippen LogP contribution in [0, 0.1) is 0 Å². The number of pyridine rings is 1. The van der Waals surface area contributed by atoms with Crippen LogP contribution in [-0.2, 0) is 15.7 Å². The van der Waals surface area contributed by atoms with E-state index < -0.39 is 11.0 Å². The summed E-state index contributed by atoms with van der Waals surface area (Å²) in [5.74, 6) is -0.353. The standard InChI is InChI=1S/C18H20N4O3S/c1-14(16-5-3-7-19-13-16)20-21-18(23)15-4-2-6-17(12-15)26(24)22-8-10-25-11-9-22/h2-7,12-13H,8-11H2,1H3,(H,21,23)/b20-14+. The second-order valence-corrected chi connectivity index (χ2v) is 7.18. The molecule has 1 N–H and O–H groups in total. The van der Waals surface area contributed by atoms with E-state index in [-0.39, 0.29) is 5.91 Å². The topological polar surface area (TPSA) is 83.9 Å². The van der Waals surface area contributed by atoms with Gasteiger partial charge in [-0.2, -0.15) is 5.10 Å². The highest BCUT2D eigenvalue weighted by Gasteiger charge is 2.19. The highest BCUT2D eigenvalue weighted by atomic mass is 32.2. The predicted molar refractivity (Wildman–Crippen MR) is 99.2 cm³/mol. The number of benzene rings is 1. The van der Waals surface area contributed by atoms with E-state index in [2.05, 4.69) is 15.5 Å². The number of carbonyl (C=O) groups is 1. The zero-order valence-corrected chi connectivity index (χ0v) is 15.2. The van der Waals surface area contributed by atoms with Crippen molar-refractivity contribution in [2.75, 3.05) is 26.3 Å². The van der Waals surface area contributed by atoms with Gasteiger partial charge in [-0.15, -0.1) is 0 Å². The van der Waals surface area contributed by atoms with Gasteiger partial charge in [-0.1, -0.05) is 12.1 Å². The van der Waals surface area contributed by atoms with Gasteiger partial charge >= 0.3 is 0 Å². The Morgan fingerprint density at radius 2 is 2.00 bits per heavy atom. The molecule has 0 saturated carbocycles. The van der Waals surface area contributed by atoms with Crippen molar-refractivity contribution in [1.82, 2.24) is 14.7 Å². The largest absolute Gasteiger partial charge is 0.379 e. The maximum atomic E-state index is 12.6. The summed E-state index contributed by atoms with van der Waals surface area (Å²) in [6, 6.07) is 10.5. The molecule has 0 bridgehead atoms. The summed E-state index contributed by atoms with van der Waals surface area (Å²) in [6.07, 6.45) is 3.35. The minimum atomic E-state index is -1.31. The molecule has 1 aliphatic rings. The SMILES string of the molecule is C/C(=N\NC(=O)c1cccc(S(=O)N2CCOCC2)c1)c1cccnc1. The zero-order valence-electron chi connectivity index (χ0n) is 14.4. The van der Waals surface area contributed by atoms with E-state index in [0.29, 0.717) is 42.5 Å². The minimum absolute atomic E-state index is 0.353. The monoisotopic (exact) mass is 372 g/mol. The molecule has 1 aliphatic heterocycles. The summed E-state index contributed by atoms with van der Waals surface area (Å²) < 4.78 is 19.8. The molecular weight excluding hydrogens is 352 g/mol. The van der Waals surface area contributed by atoms with Gasteiger partial charge in [0, 0.05) is 36.6 Å². The second kappa shape index (κ2) is 8.79. The first kappa shape index (κ1) is 18.4. The van der Waals surface area contributed by atoms with Crippen molar-refractivity contribution >= 4 is 22.6 Å². The fourth-order valence-corrected chi connectivity index (χ4v) is 3.65. The molecule has 3 rings (SSSR count). The number of nitrogens with zero attached hydrogens (tertiary/aromatic N) is 3. The fourth-order valence-electron chi connectivity index (χ4n) is 2.45. The van der Waals surface area contributed by atoms with Gasteiger partial charge < -0.3 is 4.74 Å². The molecule has 1 atom stereocenters. The number of hydrazone groups is 1. The number of morpholine rings is 1. The van der Waals surface area contributed by atoms with Crippen molar-refractivity contribution in [3.05, 3.63) is 59.9 Å². The molecule has 1 aromatic heterocycles. The Labute approximate surface area is 154 Å². The molecule has 1 saturated heterocycles. The molecule has 0 aliphatic carbocycles. The maximum Gasteiger partial charge on any atom is 0.271 e. The van der Waals surface area contributed by atoms with E-state index in [0.717, 1.165) is 5.56 Å². The van der Waals surface area contributed by atoms with Crippen LogP contribution in [0.15, 0.2) is 58.8 Å². The Kier molecular flexibility index (Phi) is 6.21. The zero-order chi connectivity index (χ0) is 18.4. The number of nitrogens with one attached hydrogen (secondary N) is 1. The van der Waals surface area contributed by atoms with Crippen molar-refractivity contribution < 1.29 is 13.7 Å². The van der Waals surface area contributed by atoms with Crippen molar-refractivity contribution in [1.29, 1.82) is 0 Å². The third-order valence-corrected chi connectivity index (χ3v) is 5.40. The number of carbonyl (C=O) groups excluding carboxylic acids is 1. The summed E-state index contributed by atoms with van der Waals surface area (Å²) in [5, 5.41) is 4.11. The van der Waals surface area contributed by atoms with Crippen LogP contribution < -0.4 is 5.43 Å². The van der Waals surface area contributed by atoms with E-state index in [1.165, 1.54) is 0 Å². The number of hydrogen-bond donors (Lipinski definition) is 1. The van der Waals surface area contributed by atoms with Crippen molar-refractivity contribution in [3.63, 3.8) is 0 Å². The molecule has 8 heteroatoms. The molecule has 7 nitrogen and oxygen atoms in total.